The number of hydrogen-bond donors (Lipinski definition) is 1. The van der Waals surface area contributed by atoms with Crippen LogP contribution in [0.15, 0.2) is 10.9 Å². The standard InChI is InChI=1S/C12H18ClN3O3/c1-8(12(18)14-5-4-6-19-3)16-9(2)15-10(13)7-11(16)17/h7-8H,4-6H2,1-3H3,(H,14,18). The van der Waals surface area contributed by atoms with Crippen molar-refractivity contribution in [1.82, 2.24) is 14.9 Å². The summed E-state index contributed by atoms with van der Waals surface area (Å²) in [5.41, 5.74) is -0.336. The molecule has 19 heavy (non-hydrogen) atoms. The van der Waals surface area contributed by atoms with E-state index < -0.39 is 6.04 Å². The van der Waals surface area contributed by atoms with Gasteiger partial charge in [0.2, 0.25) is 5.91 Å². The lowest BCUT2D eigenvalue weighted by atomic mass is 10.3. The lowest BCUT2D eigenvalue weighted by Crippen LogP contribution is -2.37. The second kappa shape index (κ2) is 7.25. The number of hydrogen-bond acceptors (Lipinski definition) is 4. The lowest BCUT2D eigenvalue weighted by Gasteiger charge is -2.17. The van der Waals surface area contributed by atoms with Gasteiger partial charge in [0, 0.05) is 26.3 Å². The summed E-state index contributed by atoms with van der Waals surface area (Å²) < 4.78 is 6.21. The molecule has 0 bridgehead atoms. The summed E-state index contributed by atoms with van der Waals surface area (Å²) in [5, 5.41) is 2.88. The van der Waals surface area contributed by atoms with Crippen LogP contribution < -0.4 is 10.9 Å². The Labute approximate surface area is 116 Å². The van der Waals surface area contributed by atoms with Gasteiger partial charge in [0.05, 0.1) is 0 Å². The van der Waals surface area contributed by atoms with E-state index in [1.165, 1.54) is 10.6 Å². The van der Waals surface area contributed by atoms with Crippen LogP contribution in [0.4, 0.5) is 0 Å². The van der Waals surface area contributed by atoms with Gasteiger partial charge in [-0.2, -0.15) is 0 Å². The van der Waals surface area contributed by atoms with Gasteiger partial charge >= 0.3 is 0 Å². The number of halogens is 1. The normalized spacial score (nSPS) is 12.2. The largest absolute Gasteiger partial charge is 0.385 e. The zero-order valence-corrected chi connectivity index (χ0v) is 12.0. The molecule has 1 aromatic heterocycles. The fourth-order valence-electron chi connectivity index (χ4n) is 1.74. The Hall–Kier alpha value is -1.40. The number of nitrogens with one attached hydrogen (secondary N) is 1. The Balaban J connectivity index is 2.75. The van der Waals surface area contributed by atoms with Crippen molar-refractivity contribution in [3.8, 4) is 0 Å². The number of ether oxygens (including phenoxy) is 1. The van der Waals surface area contributed by atoms with Gasteiger partial charge in [-0.05, 0) is 20.3 Å². The molecule has 1 N–H and O–H groups in total. The van der Waals surface area contributed by atoms with Crippen LogP contribution in [0.3, 0.4) is 0 Å². The van der Waals surface area contributed by atoms with Crippen molar-refractivity contribution in [2.75, 3.05) is 20.3 Å². The third-order valence-corrected chi connectivity index (χ3v) is 2.88. The minimum atomic E-state index is -0.625. The number of carbonyl (C=O) groups is 1. The number of aryl methyl sites for hydroxylation is 1. The quantitative estimate of drug-likeness (QED) is 0.624. The van der Waals surface area contributed by atoms with Crippen LogP contribution in [-0.2, 0) is 9.53 Å². The van der Waals surface area contributed by atoms with Crippen molar-refractivity contribution in [2.45, 2.75) is 26.3 Å². The molecule has 1 heterocycles. The van der Waals surface area contributed by atoms with E-state index >= 15 is 0 Å². The van der Waals surface area contributed by atoms with Gasteiger partial charge in [-0.3, -0.25) is 14.2 Å². The summed E-state index contributed by atoms with van der Waals surface area (Å²) in [6.07, 6.45) is 0.724. The molecule has 0 aromatic carbocycles. The molecule has 1 aromatic rings. The van der Waals surface area contributed by atoms with Crippen molar-refractivity contribution in [2.24, 2.45) is 0 Å². The summed E-state index contributed by atoms with van der Waals surface area (Å²) in [6.45, 7) is 4.37. The molecule has 0 radical (unpaired) electrons. The Kier molecular flexibility index (Phi) is 5.98. The first-order chi connectivity index (χ1) is 8.97. The highest BCUT2D eigenvalue weighted by molar-refractivity contribution is 6.29. The first-order valence-corrected chi connectivity index (χ1v) is 6.37. The average Bonchev–Trinajstić information content (AvgIpc) is 2.33. The summed E-state index contributed by atoms with van der Waals surface area (Å²) in [4.78, 5) is 27.7. The second-order valence-corrected chi connectivity index (χ2v) is 4.53. The van der Waals surface area contributed by atoms with Crippen LogP contribution in [0.25, 0.3) is 0 Å². The average molecular weight is 288 g/mol. The molecule has 1 rings (SSSR count). The van der Waals surface area contributed by atoms with Gasteiger partial charge in [0.25, 0.3) is 5.56 Å². The number of carbonyl (C=O) groups excluding carboxylic acids is 1. The maximum absolute atomic E-state index is 11.9. The first kappa shape index (κ1) is 15.7. The number of aromatic nitrogens is 2. The highest BCUT2D eigenvalue weighted by Gasteiger charge is 2.18. The Bertz CT molecular complexity index is 501. The van der Waals surface area contributed by atoms with Gasteiger partial charge < -0.3 is 10.1 Å². The van der Waals surface area contributed by atoms with Crippen molar-refractivity contribution < 1.29 is 9.53 Å². The topological polar surface area (TPSA) is 73.2 Å². The Morgan fingerprint density at radius 2 is 2.32 bits per heavy atom. The SMILES string of the molecule is COCCCNC(=O)C(C)n1c(C)nc(Cl)cc1=O. The van der Waals surface area contributed by atoms with E-state index in [1.807, 2.05) is 0 Å². The number of amides is 1. The summed E-state index contributed by atoms with van der Waals surface area (Å²) in [6, 6.07) is 0.573. The zero-order chi connectivity index (χ0) is 14.4. The van der Waals surface area contributed by atoms with E-state index in [0.29, 0.717) is 19.0 Å². The predicted molar refractivity (Wildman–Crippen MR) is 72.5 cm³/mol. The van der Waals surface area contributed by atoms with Gasteiger partial charge in [-0.15, -0.1) is 0 Å². The molecule has 0 saturated carbocycles. The second-order valence-electron chi connectivity index (χ2n) is 4.15. The van der Waals surface area contributed by atoms with Gasteiger partial charge in [0.1, 0.15) is 17.0 Å². The highest BCUT2D eigenvalue weighted by atomic mass is 35.5. The van der Waals surface area contributed by atoms with E-state index in [0.717, 1.165) is 6.42 Å². The molecule has 1 atom stereocenters. The molecule has 6 nitrogen and oxygen atoms in total. The molecular weight excluding hydrogens is 270 g/mol. The molecular formula is C12H18ClN3O3. The van der Waals surface area contributed by atoms with Crippen LogP contribution in [0.1, 0.15) is 25.2 Å². The first-order valence-electron chi connectivity index (χ1n) is 5.99. The molecule has 1 amide bonds. The van der Waals surface area contributed by atoms with Crippen LogP contribution >= 0.6 is 11.6 Å². The van der Waals surface area contributed by atoms with Crippen LogP contribution in [0.2, 0.25) is 5.15 Å². The van der Waals surface area contributed by atoms with Crippen molar-refractivity contribution in [1.29, 1.82) is 0 Å². The van der Waals surface area contributed by atoms with E-state index in [2.05, 4.69) is 10.3 Å². The maximum atomic E-state index is 11.9. The molecule has 7 heteroatoms. The van der Waals surface area contributed by atoms with Crippen molar-refractivity contribution in [3.63, 3.8) is 0 Å². The minimum absolute atomic E-state index is 0.131. The number of methoxy groups -OCH3 is 1. The summed E-state index contributed by atoms with van der Waals surface area (Å²) in [5.74, 6) is 0.183. The lowest BCUT2D eigenvalue weighted by molar-refractivity contribution is -0.124. The Morgan fingerprint density at radius 1 is 1.63 bits per heavy atom. The zero-order valence-electron chi connectivity index (χ0n) is 11.3. The number of nitrogens with zero attached hydrogens (tertiary/aromatic N) is 2. The third kappa shape index (κ3) is 4.33. The highest BCUT2D eigenvalue weighted by Crippen LogP contribution is 2.08. The minimum Gasteiger partial charge on any atom is -0.385 e. The molecule has 0 aliphatic heterocycles. The molecule has 0 aliphatic rings. The smallest absolute Gasteiger partial charge is 0.255 e. The van der Waals surface area contributed by atoms with Gasteiger partial charge in [0.15, 0.2) is 0 Å². The van der Waals surface area contributed by atoms with E-state index in [9.17, 15) is 9.59 Å². The van der Waals surface area contributed by atoms with Gasteiger partial charge in [-0.1, -0.05) is 11.6 Å². The predicted octanol–water partition coefficient (Wildman–Crippen LogP) is 0.919. The van der Waals surface area contributed by atoms with Gasteiger partial charge in [-0.25, -0.2) is 4.98 Å². The third-order valence-electron chi connectivity index (χ3n) is 2.69. The molecule has 0 fully saturated rings. The molecule has 0 spiro atoms. The fourth-order valence-corrected chi connectivity index (χ4v) is 1.95. The summed E-state index contributed by atoms with van der Waals surface area (Å²) >= 11 is 5.69. The number of rotatable bonds is 6. The summed E-state index contributed by atoms with van der Waals surface area (Å²) in [7, 11) is 1.60. The van der Waals surface area contributed by atoms with Crippen LogP contribution in [-0.4, -0.2) is 35.7 Å². The van der Waals surface area contributed by atoms with E-state index in [-0.39, 0.29) is 16.6 Å². The van der Waals surface area contributed by atoms with E-state index in [4.69, 9.17) is 16.3 Å². The van der Waals surface area contributed by atoms with Crippen LogP contribution in [0, 0.1) is 6.92 Å². The maximum Gasteiger partial charge on any atom is 0.255 e. The van der Waals surface area contributed by atoms with Crippen LogP contribution in [0.5, 0.6) is 0 Å². The molecule has 1 unspecified atom stereocenters. The van der Waals surface area contributed by atoms with Crippen molar-refractivity contribution >= 4 is 17.5 Å². The molecule has 106 valence electrons. The van der Waals surface area contributed by atoms with Crippen molar-refractivity contribution in [3.05, 3.63) is 27.4 Å². The monoisotopic (exact) mass is 287 g/mol. The Morgan fingerprint density at radius 3 is 2.89 bits per heavy atom. The molecule has 0 saturated heterocycles. The fraction of sp³-hybridized carbons (Fsp3) is 0.583. The molecule has 0 aliphatic carbocycles. The van der Waals surface area contributed by atoms with E-state index in [1.54, 1.807) is 21.0 Å².